The van der Waals surface area contributed by atoms with E-state index >= 15 is 0 Å². The molecule has 152 valence electrons. The summed E-state index contributed by atoms with van der Waals surface area (Å²) in [7, 11) is 0. The third-order valence-corrected chi connectivity index (χ3v) is 5.56. The fourth-order valence-electron chi connectivity index (χ4n) is 2.84. The number of nitrogens with zero attached hydrogens (tertiary/aromatic N) is 3. The molecule has 0 atom stereocenters. The predicted molar refractivity (Wildman–Crippen MR) is 122 cm³/mol. The summed E-state index contributed by atoms with van der Waals surface area (Å²) in [6, 6.07) is 13.3. The first kappa shape index (κ1) is 20.4. The van der Waals surface area contributed by atoms with Gasteiger partial charge in [0.25, 0.3) is 5.91 Å². The quantitative estimate of drug-likeness (QED) is 0.482. The maximum atomic E-state index is 12.3. The van der Waals surface area contributed by atoms with E-state index in [-0.39, 0.29) is 11.4 Å². The lowest BCUT2D eigenvalue weighted by atomic mass is 10.1. The molecule has 2 aromatic rings. The number of benzene rings is 2. The van der Waals surface area contributed by atoms with Crippen LogP contribution in [-0.4, -0.2) is 40.7 Å². The molecular weight excluding hydrogens is 468 g/mol. The molecule has 2 heterocycles. The van der Waals surface area contributed by atoms with E-state index in [1.54, 1.807) is 17.7 Å². The summed E-state index contributed by atoms with van der Waals surface area (Å²) < 4.78 is 12.2. The molecular formula is C21H17BrN4O3S. The smallest absolute Gasteiger partial charge is 0.283 e. The molecule has 0 saturated heterocycles. The second-order valence-corrected chi connectivity index (χ2v) is 8.13. The van der Waals surface area contributed by atoms with Crippen molar-refractivity contribution in [2.75, 3.05) is 13.2 Å². The number of amides is 1. The number of hydrogen-bond acceptors (Lipinski definition) is 6. The highest BCUT2D eigenvalue weighted by Gasteiger charge is 2.32. The summed E-state index contributed by atoms with van der Waals surface area (Å²) in [5.41, 5.74) is 3.62. The topological polar surface area (TPSA) is 87.3 Å². The zero-order chi connectivity index (χ0) is 21.1. The van der Waals surface area contributed by atoms with E-state index in [4.69, 9.17) is 14.9 Å². The highest BCUT2D eigenvalue weighted by atomic mass is 79.9. The molecule has 0 unspecified atom stereocenters. The molecule has 0 radical (unpaired) electrons. The Morgan fingerprint density at radius 3 is 2.83 bits per heavy atom. The molecule has 1 amide bonds. The van der Waals surface area contributed by atoms with Crippen LogP contribution in [-0.2, 0) is 4.79 Å². The van der Waals surface area contributed by atoms with E-state index < -0.39 is 5.91 Å². The molecule has 0 aromatic heterocycles. The molecule has 2 aliphatic heterocycles. The van der Waals surface area contributed by atoms with Gasteiger partial charge in [-0.1, -0.05) is 18.2 Å². The standard InChI is InChI=1S/C21H17BrN4O3S/c1-13-3-2-4-15(9-13)28-7-8-29-18-6-5-14(11-17(18)22)10-16-19(23)26-21(25-20(16)27)30-12-24-26/h2-6,9-12,23H,7-8H2,1H3. The molecule has 4 rings (SSSR count). The van der Waals surface area contributed by atoms with Gasteiger partial charge in [0, 0.05) is 0 Å². The van der Waals surface area contributed by atoms with Gasteiger partial charge in [-0.3, -0.25) is 10.2 Å². The summed E-state index contributed by atoms with van der Waals surface area (Å²) in [6.45, 7) is 2.82. The largest absolute Gasteiger partial charge is 0.490 e. The molecule has 0 aliphatic carbocycles. The molecule has 9 heteroatoms. The number of halogens is 1. The third kappa shape index (κ3) is 4.47. The summed E-state index contributed by atoms with van der Waals surface area (Å²) in [5.74, 6) is 1.03. The average molecular weight is 485 g/mol. The van der Waals surface area contributed by atoms with Gasteiger partial charge in [-0.15, -0.1) is 0 Å². The molecule has 0 bridgehead atoms. The second-order valence-electron chi connectivity index (χ2n) is 6.46. The molecule has 2 aliphatic rings. The van der Waals surface area contributed by atoms with Crippen molar-refractivity contribution >= 4 is 56.2 Å². The zero-order valence-electron chi connectivity index (χ0n) is 16.0. The van der Waals surface area contributed by atoms with Crippen molar-refractivity contribution in [1.82, 2.24) is 5.01 Å². The molecule has 30 heavy (non-hydrogen) atoms. The predicted octanol–water partition coefficient (Wildman–Crippen LogP) is 4.46. The first-order valence-corrected chi connectivity index (χ1v) is 10.7. The fraction of sp³-hybridized carbons (Fsp3) is 0.143. The molecule has 0 spiro atoms. The number of aryl methyl sites for hydroxylation is 1. The van der Waals surface area contributed by atoms with E-state index in [0.29, 0.717) is 24.1 Å². The average Bonchev–Trinajstić information content (AvgIpc) is 3.18. The number of aliphatic imine (C=N–C) groups is 1. The monoisotopic (exact) mass is 484 g/mol. The van der Waals surface area contributed by atoms with Crippen LogP contribution in [0.5, 0.6) is 11.5 Å². The first-order valence-electron chi connectivity index (χ1n) is 9.06. The summed E-state index contributed by atoms with van der Waals surface area (Å²) in [4.78, 5) is 16.2. The number of fused-ring (bicyclic) bond motifs is 1. The van der Waals surface area contributed by atoms with E-state index in [9.17, 15) is 4.79 Å². The molecule has 0 saturated carbocycles. The number of hydrogen-bond donors (Lipinski definition) is 1. The van der Waals surface area contributed by atoms with Gasteiger partial charge in [-0.25, -0.2) is 0 Å². The van der Waals surface area contributed by atoms with Crippen LogP contribution >= 0.6 is 27.7 Å². The van der Waals surface area contributed by atoms with Gasteiger partial charge in [0.1, 0.15) is 24.7 Å². The lowest BCUT2D eigenvalue weighted by Crippen LogP contribution is -2.35. The Hall–Kier alpha value is -2.91. The van der Waals surface area contributed by atoms with Crippen molar-refractivity contribution in [3.63, 3.8) is 0 Å². The molecule has 0 fully saturated rings. The maximum absolute atomic E-state index is 12.3. The van der Waals surface area contributed by atoms with Crippen molar-refractivity contribution < 1.29 is 14.3 Å². The Kier molecular flexibility index (Phi) is 6.01. The maximum Gasteiger partial charge on any atom is 0.283 e. The lowest BCUT2D eigenvalue weighted by molar-refractivity contribution is -0.114. The lowest BCUT2D eigenvalue weighted by Gasteiger charge is -2.20. The van der Waals surface area contributed by atoms with Crippen LogP contribution in [0, 0.1) is 12.3 Å². The van der Waals surface area contributed by atoms with Crippen molar-refractivity contribution in [1.29, 1.82) is 5.41 Å². The number of hydrazone groups is 1. The van der Waals surface area contributed by atoms with Crippen LogP contribution in [0.15, 0.2) is 62.6 Å². The Labute approximate surface area is 186 Å². The van der Waals surface area contributed by atoms with Crippen molar-refractivity contribution in [2.24, 2.45) is 10.1 Å². The number of carbonyl (C=O) groups is 1. The zero-order valence-corrected chi connectivity index (χ0v) is 18.4. The summed E-state index contributed by atoms with van der Waals surface area (Å²) in [6.07, 6.45) is 1.62. The molecule has 1 N–H and O–H groups in total. The Morgan fingerprint density at radius 2 is 2.03 bits per heavy atom. The van der Waals surface area contributed by atoms with Gasteiger partial charge >= 0.3 is 0 Å². The number of thioether (sulfide) groups is 1. The van der Waals surface area contributed by atoms with Gasteiger partial charge in [0.05, 0.1) is 15.6 Å². The number of amidine groups is 2. The normalized spacial score (nSPS) is 16.7. The highest BCUT2D eigenvalue weighted by Crippen LogP contribution is 2.29. The minimum Gasteiger partial charge on any atom is -0.490 e. The van der Waals surface area contributed by atoms with E-state index in [0.717, 1.165) is 21.3 Å². The van der Waals surface area contributed by atoms with Gasteiger partial charge in [0.2, 0.25) is 0 Å². The van der Waals surface area contributed by atoms with Gasteiger partial charge in [-0.2, -0.15) is 15.1 Å². The van der Waals surface area contributed by atoms with Crippen LogP contribution in [0.25, 0.3) is 6.08 Å². The van der Waals surface area contributed by atoms with Gasteiger partial charge < -0.3 is 9.47 Å². The number of rotatable bonds is 6. The number of carbonyl (C=O) groups excluding carboxylic acids is 1. The number of nitrogens with one attached hydrogen (secondary N) is 1. The number of ether oxygens (including phenoxy) is 2. The minimum atomic E-state index is -0.450. The first-order chi connectivity index (χ1) is 14.5. The highest BCUT2D eigenvalue weighted by molar-refractivity contribution is 9.10. The second kappa shape index (κ2) is 8.85. The van der Waals surface area contributed by atoms with Crippen molar-refractivity contribution in [3.05, 3.63) is 63.6 Å². The van der Waals surface area contributed by atoms with Crippen LogP contribution in [0.4, 0.5) is 0 Å². The SMILES string of the molecule is Cc1cccc(OCCOc2ccc(C=C3C(=N)N4N=CSC4=NC3=O)cc2Br)c1. The van der Waals surface area contributed by atoms with Crippen LogP contribution in [0.3, 0.4) is 0 Å². The van der Waals surface area contributed by atoms with E-state index in [1.165, 1.54) is 16.8 Å². The molecule has 2 aromatic carbocycles. The fourth-order valence-corrected chi connectivity index (χ4v) is 3.96. The van der Waals surface area contributed by atoms with Crippen molar-refractivity contribution in [2.45, 2.75) is 6.92 Å². The van der Waals surface area contributed by atoms with Crippen LogP contribution in [0.2, 0.25) is 0 Å². The van der Waals surface area contributed by atoms with Crippen molar-refractivity contribution in [3.8, 4) is 11.5 Å². The van der Waals surface area contributed by atoms with E-state index in [2.05, 4.69) is 26.0 Å². The van der Waals surface area contributed by atoms with Gasteiger partial charge in [-0.05, 0) is 76.1 Å². The summed E-state index contributed by atoms with van der Waals surface area (Å²) in [5, 5.41) is 14.0. The Morgan fingerprint density at radius 1 is 1.20 bits per heavy atom. The van der Waals surface area contributed by atoms with Gasteiger partial charge in [0.15, 0.2) is 11.0 Å². The molecule has 7 nitrogen and oxygen atoms in total. The van der Waals surface area contributed by atoms with Crippen LogP contribution < -0.4 is 9.47 Å². The minimum absolute atomic E-state index is 0.0102. The Bertz CT molecular complexity index is 1110. The van der Waals surface area contributed by atoms with E-state index in [1.807, 2.05) is 43.3 Å². The summed E-state index contributed by atoms with van der Waals surface area (Å²) >= 11 is 4.71. The van der Waals surface area contributed by atoms with Crippen LogP contribution in [0.1, 0.15) is 11.1 Å². The third-order valence-electron chi connectivity index (χ3n) is 4.26. The Balaban J connectivity index is 1.39.